The lowest BCUT2D eigenvalue weighted by atomic mass is 9.98. The SMILES string of the molecule is CCC(C)C(N)C(=O)NC(CCC(=O)O)C(=O)NC(CCCCN)C(=O)NC(CC(C)C)C(=O)O. The first-order valence-electron chi connectivity index (χ1n) is 12.1. The van der Waals surface area contributed by atoms with Crippen molar-refractivity contribution in [3.05, 3.63) is 0 Å². The molecule has 5 unspecified atom stereocenters. The highest BCUT2D eigenvalue weighted by atomic mass is 16.4. The van der Waals surface area contributed by atoms with Gasteiger partial charge >= 0.3 is 11.9 Å². The number of unbranched alkanes of at least 4 members (excludes halogenated alkanes) is 1. The number of nitrogens with two attached hydrogens (primary N) is 2. The summed E-state index contributed by atoms with van der Waals surface area (Å²) in [4.78, 5) is 61.1. The van der Waals surface area contributed by atoms with Gasteiger partial charge < -0.3 is 37.6 Å². The van der Waals surface area contributed by atoms with Gasteiger partial charge in [-0.05, 0) is 50.5 Å². The second-order valence-electron chi connectivity index (χ2n) is 9.28. The van der Waals surface area contributed by atoms with Crippen LogP contribution >= 0.6 is 0 Å². The van der Waals surface area contributed by atoms with Crippen LogP contribution in [0.5, 0.6) is 0 Å². The van der Waals surface area contributed by atoms with Gasteiger partial charge in [0.1, 0.15) is 18.1 Å². The van der Waals surface area contributed by atoms with Crippen LogP contribution in [0.3, 0.4) is 0 Å². The lowest BCUT2D eigenvalue weighted by Gasteiger charge is -2.26. The molecule has 0 bridgehead atoms. The van der Waals surface area contributed by atoms with Crippen molar-refractivity contribution in [2.24, 2.45) is 23.3 Å². The van der Waals surface area contributed by atoms with E-state index in [0.29, 0.717) is 25.8 Å². The highest BCUT2D eigenvalue weighted by Gasteiger charge is 2.31. The first-order chi connectivity index (χ1) is 16.3. The van der Waals surface area contributed by atoms with Gasteiger partial charge in [-0.15, -0.1) is 0 Å². The summed E-state index contributed by atoms with van der Waals surface area (Å²) in [6.45, 7) is 7.66. The molecular formula is C23H43N5O7. The summed E-state index contributed by atoms with van der Waals surface area (Å²) in [7, 11) is 0. The van der Waals surface area contributed by atoms with E-state index in [9.17, 15) is 29.1 Å². The molecule has 35 heavy (non-hydrogen) atoms. The molecule has 12 heteroatoms. The van der Waals surface area contributed by atoms with Crippen LogP contribution in [0.1, 0.15) is 72.6 Å². The standard InChI is InChI=1S/C23H43N5O7/c1-5-14(4)19(25)22(33)27-16(9-10-18(29)30)21(32)26-15(8-6-7-11-24)20(31)28-17(23(34)35)12-13(2)3/h13-17,19H,5-12,24-25H2,1-4H3,(H,26,32)(H,27,33)(H,28,31)(H,29,30)(H,34,35). The van der Waals surface area contributed by atoms with Gasteiger partial charge in [-0.2, -0.15) is 0 Å². The third-order valence-corrected chi connectivity index (χ3v) is 5.74. The van der Waals surface area contributed by atoms with Gasteiger partial charge in [-0.1, -0.05) is 34.1 Å². The zero-order chi connectivity index (χ0) is 27.1. The fourth-order valence-electron chi connectivity index (χ4n) is 3.32. The Morgan fingerprint density at radius 1 is 0.800 bits per heavy atom. The van der Waals surface area contributed by atoms with Gasteiger partial charge in [0.05, 0.1) is 6.04 Å². The van der Waals surface area contributed by atoms with Crippen LogP contribution < -0.4 is 27.4 Å². The predicted molar refractivity (Wildman–Crippen MR) is 130 cm³/mol. The molecular weight excluding hydrogens is 458 g/mol. The Balaban J connectivity index is 5.61. The molecule has 0 spiro atoms. The highest BCUT2D eigenvalue weighted by Crippen LogP contribution is 2.10. The number of carbonyl (C=O) groups excluding carboxylic acids is 3. The summed E-state index contributed by atoms with van der Waals surface area (Å²) in [5.74, 6) is -4.53. The van der Waals surface area contributed by atoms with Gasteiger partial charge in [0.2, 0.25) is 17.7 Å². The third kappa shape index (κ3) is 13.1. The van der Waals surface area contributed by atoms with E-state index in [-0.39, 0.29) is 31.1 Å². The zero-order valence-electron chi connectivity index (χ0n) is 21.2. The van der Waals surface area contributed by atoms with Gasteiger partial charge in [0, 0.05) is 6.42 Å². The second-order valence-corrected chi connectivity index (χ2v) is 9.28. The van der Waals surface area contributed by atoms with Crippen LogP contribution in [-0.2, 0) is 24.0 Å². The van der Waals surface area contributed by atoms with Crippen LogP contribution in [0.25, 0.3) is 0 Å². The molecule has 0 radical (unpaired) electrons. The molecule has 0 aliphatic heterocycles. The molecule has 0 aliphatic rings. The van der Waals surface area contributed by atoms with Crippen LogP contribution in [0, 0.1) is 11.8 Å². The van der Waals surface area contributed by atoms with Crippen LogP contribution in [0.4, 0.5) is 0 Å². The Kier molecular flexibility index (Phi) is 15.5. The Bertz CT molecular complexity index is 716. The van der Waals surface area contributed by atoms with E-state index in [4.69, 9.17) is 16.6 Å². The minimum absolute atomic E-state index is 0.00649. The van der Waals surface area contributed by atoms with Crippen molar-refractivity contribution in [3.8, 4) is 0 Å². The number of aliphatic carboxylic acids is 2. The van der Waals surface area contributed by atoms with Gasteiger partial charge in [0.25, 0.3) is 0 Å². The molecule has 0 rings (SSSR count). The van der Waals surface area contributed by atoms with E-state index in [1.165, 1.54) is 0 Å². The van der Waals surface area contributed by atoms with Crippen molar-refractivity contribution in [1.29, 1.82) is 0 Å². The van der Waals surface area contributed by atoms with Crippen molar-refractivity contribution in [1.82, 2.24) is 16.0 Å². The number of hydrogen-bond donors (Lipinski definition) is 7. The molecule has 0 fully saturated rings. The largest absolute Gasteiger partial charge is 0.481 e. The monoisotopic (exact) mass is 501 g/mol. The number of hydrogen-bond acceptors (Lipinski definition) is 7. The molecule has 0 saturated carbocycles. The van der Waals surface area contributed by atoms with E-state index in [1.807, 2.05) is 20.8 Å². The molecule has 3 amide bonds. The molecule has 5 atom stereocenters. The maximum atomic E-state index is 13.0. The van der Waals surface area contributed by atoms with Crippen molar-refractivity contribution >= 4 is 29.7 Å². The summed E-state index contributed by atoms with van der Waals surface area (Å²) in [6, 6.07) is -4.34. The first kappa shape index (κ1) is 32.3. The molecule has 0 heterocycles. The minimum Gasteiger partial charge on any atom is -0.481 e. The number of nitrogens with one attached hydrogen (secondary N) is 3. The average Bonchev–Trinajstić information content (AvgIpc) is 2.78. The van der Waals surface area contributed by atoms with E-state index in [0.717, 1.165) is 0 Å². The number of rotatable bonds is 18. The first-order valence-corrected chi connectivity index (χ1v) is 12.1. The molecule has 0 aromatic rings. The molecule has 0 saturated heterocycles. The maximum Gasteiger partial charge on any atom is 0.326 e. The fraction of sp³-hybridized carbons (Fsp3) is 0.783. The summed E-state index contributed by atoms with van der Waals surface area (Å²) in [6.07, 6.45) is 1.49. The van der Waals surface area contributed by atoms with Crippen molar-refractivity contribution in [2.45, 2.75) is 96.8 Å². The summed E-state index contributed by atoms with van der Waals surface area (Å²) in [5.41, 5.74) is 11.5. The van der Waals surface area contributed by atoms with Gasteiger partial charge in [0.15, 0.2) is 0 Å². The molecule has 12 nitrogen and oxygen atoms in total. The van der Waals surface area contributed by atoms with Gasteiger partial charge in [-0.25, -0.2) is 4.79 Å². The minimum atomic E-state index is -1.23. The van der Waals surface area contributed by atoms with Crippen LogP contribution in [0.15, 0.2) is 0 Å². The fourth-order valence-corrected chi connectivity index (χ4v) is 3.32. The number of amides is 3. The van der Waals surface area contributed by atoms with Crippen molar-refractivity contribution in [2.75, 3.05) is 6.54 Å². The number of carboxylic acids is 2. The van der Waals surface area contributed by atoms with E-state index < -0.39 is 60.2 Å². The Hall–Kier alpha value is -2.73. The van der Waals surface area contributed by atoms with Gasteiger partial charge in [-0.3, -0.25) is 19.2 Å². The van der Waals surface area contributed by atoms with Crippen molar-refractivity contribution in [3.63, 3.8) is 0 Å². The van der Waals surface area contributed by atoms with Crippen molar-refractivity contribution < 1.29 is 34.2 Å². The molecule has 0 aliphatic carbocycles. The van der Waals surface area contributed by atoms with E-state index in [1.54, 1.807) is 6.92 Å². The summed E-state index contributed by atoms with van der Waals surface area (Å²) in [5, 5.41) is 26.0. The third-order valence-electron chi connectivity index (χ3n) is 5.74. The Morgan fingerprint density at radius 3 is 1.77 bits per heavy atom. The maximum absolute atomic E-state index is 13.0. The second kappa shape index (κ2) is 16.8. The van der Waals surface area contributed by atoms with E-state index in [2.05, 4.69) is 16.0 Å². The Labute approximate surface area is 206 Å². The van der Waals surface area contributed by atoms with Crippen LogP contribution in [-0.4, -0.2) is 70.6 Å². The van der Waals surface area contributed by atoms with E-state index >= 15 is 0 Å². The predicted octanol–water partition coefficient (Wildman–Crippen LogP) is -0.0613. The quantitative estimate of drug-likeness (QED) is 0.125. The molecule has 202 valence electrons. The smallest absolute Gasteiger partial charge is 0.326 e. The number of carbonyl (C=O) groups is 5. The topological polar surface area (TPSA) is 214 Å². The zero-order valence-corrected chi connectivity index (χ0v) is 21.2. The highest BCUT2D eigenvalue weighted by molar-refractivity contribution is 5.94. The van der Waals surface area contributed by atoms with Crippen LogP contribution in [0.2, 0.25) is 0 Å². The molecule has 0 aromatic carbocycles. The molecule has 0 aromatic heterocycles. The summed E-state index contributed by atoms with van der Waals surface area (Å²) < 4.78 is 0. The Morgan fingerprint density at radius 2 is 1.31 bits per heavy atom. The average molecular weight is 502 g/mol. The lowest BCUT2D eigenvalue weighted by molar-refractivity contribution is -0.142. The summed E-state index contributed by atoms with van der Waals surface area (Å²) >= 11 is 0. The molecule has 9 N–H and O–H groups in total. The lowest BCUT2D eigenvalue weighted by Crippen LogP contribution is -2.57. The normalized spacial score (nSPS) is 15.4. The number of carboxylic acid groups (broad SMARTS) is 2.